The van der Waals surface area contributed by atoms with Gasteiger partial charge in [-0.3, -0.25) is 5.32 Å². The Bertz CT molecular complexity index is 1090. The van der Waals surface area contributed by atoms with Gasteiger partial charge in [-0.1, -0.05) is 46.2 Å². The fraction of sp³-hybridized carbons (Fsp3) is 0.742. The number of nitrogens with one attached hydrogen (secondary N) is 1. The SMILES string of the molecule is CC[C@@H]1C([C@@]2(O)C[C@H](OC)C3CC(C)[C@]2(O)[C@H]3OC)CC([C@H](C)OC(=O)c2ccccc2NC(=O)OC)C1(C)C. The highest BCUT2D eigenvalue weighted by Gasteiger charge is 2.73. The second kappa shape index (κ2) is 11.2. The van der Waals surface area contributed by atoms with E-state index in [0.29, 0.717) is 18.5 Å². The van der Waals surface area contributed by atoms with Gasteiger partial charge in [0, 0.05) is 32.5 Å². The summed E-state index contributed by atoms with van der Waals surface area (Å²) in [4.78, 5) is 25.1. The average molecular weight is 562 g/mol. The number of carbonyl (C=O) groups is 2. The van der Waals surface area contributed by atoms with E-state index in [1.54, 1.807) is 38.5 Å². The molecule has 9 heteroatoms. The van der Waals surface area contributed by atoms with Crippen molar-refractivity contribution in [2.24, 2.45) is 35.0 Å². The monoisotopic (exact) mass is 561 g/mol. The van der Waals surface area contributed by atoms with Crippen LogP contribution in [0, 0.1) is 35.0 Å². The van der Waals surface area contributed by atoms with Crippen molar-refractivity contribution in [3.8, 4) is 0 Å². The lowest BCUT2D eigenvalue weighted by molar-refractivity contribution is -0.279. The van der Waals surface area contributed by atoms with Crippen LogP contribution in [-0.4, -0.2) is 73.1 Å². The van der Waals surface area contributed by atoms with Crippen LogP contribution in [0.25, 0.3) is 0 Å². The standard InChI is InChI=1S/C31H47NO8/c1-9-21-23(30(35)16-25(37-6)20-14-17(2)31(30,36)26(20)38-7)15-22(29(21,4)5)18(3)40-27(33)19-12-10-11-13-24(19)32-28(34)39-8/h10-13,17-18,20-23,25-26,35-36H,9,14-16H2,1-8H3,(H,32,34)/t17?,18-,20?,21+,22?,23?,25-,26-,30-,31-/m0/s1. The number of fused-ring (bicyclic) bond motifs is 2. The first-order chi connectivity index (χ1) is 18.8. The van der Waals surface area contributed by atoms with Gasteiger partial charge < -0.3 is 29.2 Å². The molecule has 4 rings (SSSR count). The highest BCUT2D eigenvalue weighted by atomic mass is 16.5. The molecule has 1 aromatic carbocycles. The number of anilines is 1. The Labute approximate surface area is 237 Å². The van der Waals surface area contributed by atoms with Crippen LogP contribution in [0.3, 0.4) is 0 Å². The molecule has 0 aliphatic heterocycles. The molecule has 0 spiro atoms. The minimum atomic E-state index is -1.44. The fourth-order valence-corrected chi connectivity index (χ4v) is 8.94. The van der Waals surface area contributed by atoms with Gasteiger partial charge in [-0.2, -0.15) is 0 Å². The summed E-state index contributed by atoms with van der Waals surface area (Å²) in [5.41, 5.74) is -2.62. The summed E-state index contributed by atoms with van der Waals surface area (Å²) < 4.78 is 22.5. The summed E-state index contributed by atoms with van der Waals surface area (Å²) in [5.74, 6) is -0.987. The maximum absolute atomic E-state index is 13.3. The largest absolute Gasteiger partial charge is 0.459 e. The lowest BCUT2D eigenvalue weighted by Gasteiger charge is -2.56. The summed E-state index contributed by atoms with van der Waals surface area (Å²) in [5, 5.41) is 27.5. The number of hydrogen-bond acceptors (Lipinski definition) is 8. The van der Waals surface area contributed by atoms with Crippen LogP contribution in [0.5, 0.6) is 0 Å². The maximum atomic E-state index is 13.3. The maximum Gasteiger partial charge on any atom is 0.411 e. The third-order valence-corrected chi connectivity index (χ3v) is 10.8. The predicted octanol–water partition coefficient (Wildman–Crippen LogP) is 4.65. The molecule has 0 aromatic heterocycles. The number of benzene rings is 1. The van der Waals surface area contributed by atoms with Crippen LogP contribution in [-0.2, 0) is 18.9 Å². The zero-order valence-electron chi connectivity index (χ0n) is 25.1. The highest BCUT2D eigenvalue weighted by Crippen LogP contribution is 2.65. The molecule has 1 aromatic rings. The van der Waals surface area contributed by atoms with E-state index in [0.717, 1.165) is 12.8 Å². The van der Waals surface area contributed by atoms with E-state index in [2.05, 4.69) is 30.8 Å². The molecule has 0 saturated heterocycles. The van der Waals surface area contributed by atoms with Gasteiger partial charge in [0.2, 0.25) is 0 Å². The molecule has 3 N–H and O–H groups in total. The lowest BCUT2D eigenvalue weighted by atomic mass is 9.58. The molecule has 3 aliphatic carbocycles. The molecule has 10 atom stereocenters. The Kier molecular flexibility index (Phi) is 8.64. The smallest absolute Gasteiger partial charge is 0.411 e. The van der Waals surface area contributed by atoms with Gasteiger partial charge in [0.1, 0.15) is 17.3 Å². The number of carbonyl (C=O) groups excluding carboxylic acids is 2. The quantitative estimate of drug-likeness (QED) is 0.392. The van der Waals surface area contributed by atoms with Crippen LogP contribution in [0.15, 0.2) is 24.3 Å². The van der Waals surface area contributed by atoms with Crippen LogP contribution in [0.1, 0.15) is 70.7 Å². The van der Waals surface area contributed by atoms with Gasteiger partial charge in [-0.25, -0.2) is 9.59 Å². The first-order valence-corrected chi connectivity index (χ1v) is 14.5. The van der Waals surface area contributed by atoms with Gasteiger partial charge in [-0.15, -0.1) is 0 Å². The Hall–Kier alpha value is -2.20. The van der Waals surface area contributed by atoms with Crippen molar-refractivity contribution in [2.45, 2.75) is 89.8 Å². The van der Waals surface area contributed by atoms with Crippen LogP contribution in [0.4, 0.5) is 10.5 Å². The summed E-state index contributed by atoms with van der Waals surface area (Å²) in [7, 11) is 4.53. The Balaban J connectivity index is 1.64. The molecule has 4 unspecified atom stereocenters. The average Bonchev–Trinajstić information content (AvgIpc) is 3.33. The number of amides is 1. The molecular formula is C31H47NO8. The molecule has 224 valence electrons. The number of para-hydroxylation sites is 1. The third-order valence-electron chi connectivity index (χ3n) is 10.8. The van der Waals surface area contributed by atoms with Crippen molar-refractivity contribution in [1.29, 1.82) is 0 Å². The Morgan fingerprint density at radius 2 is 1.77 bits per heavy atom. The van der Waals surface area contributed by atoms with Crippen molar-refractivity contribution in [1.82, 2.24) is 0 Å². The number of methoxy groups -OCH3 is 3. The minimum Gasteiger partial charge on any atom is -0.459 e. The van der Waals surface area contributed by atoms with Crippen LogP contribution < -0.4 is 5.32 Å². The van der Waals surface area contributed by atoms with Crippen molar-refractivity contribution in [2.75, 3.05) is 26.6 Å². The molecule has 3 aliphatic rings. The molecule has 3 saturated carbocycles. The molecular weight excluding hydrogens is 514 g/mol. The van der Waals surface area contributed by atoms with E-state index in [9.17, 15) is 19.8 Å². The van der Waals surface area contributed by atoms with Crippen molar-refractivity contribution in [3.05, 3.63) is 29.8 Å². The minimum absolute atomic E-state index is 0.0131. The van der Waals surface area contributed by atoms with E-state index >= 15 is 0 Å². The van der Waals surface area contributed by atoms with Gasteiger partial charge in [-0.05, 0) is 55.1 Å². The Morgan fingerprint density at radius 1 is 1.10 bits per heavy atom. The molecule has 2 bridgehead atoms. The summed E-state index contributed by atoms with van der Waals surface area (Å²) >= 11 is 0. The Morgan fingerprint density at radius 3 is 2.38 bits per heavy atom. The number of esters is 1. The van der Waals surface area contributed by atoms with E-state index in [1.165, 1.54) is 7.11 Å². The van der Waals surface area contributed by atoms with Gasteiger partial charge in [0.05, 0.1) is 30.6 Å². The third kappa shape index (κ3) is 4.63. The van der Waals surface area contributed by atoms with Crippen molar-refractivity contribution >= 4 is 17.7 Å². The van der Waals surface area contributed by atoms with Crippen LogP contribution in [0.2, 0.25) is 0 Å². The number of rotatable bonds is 8. The summed E-state index contributed by atoms with van der Waals surface area (Å²) in [6.07, 6.45) is 0.508. The molecule has 0 heterocycles. The highest BCUT2D eigenvalue weighted by molar-refractivity contribution is 5.99. The first-order valence-electron chi connectivity index (χ1n) is 14.5. The molecule has 1 amide bonds. The lowest BCUT2D eigenvalue weighted by Crippen LogP contribution is -2.71. The van der Waals surface area contributed by atoms with E-state index in [4.69, 9.17) is 14.2 Å². The van der Waals surface area contributed by atoms with Gasteiger partial charge in [0.25, 0.3) is 0 Å². The first kappa shape index (κ1) is 30.8. The zero-order chi connectivity index (χ0) is 29.6. The van der Waals surface area contributed by atoms with Crippen LogP contribution >= 0.6 is 0 Å². The second-order valence-electron chi connectivity index (χ2n) is 12.7. The van der Waals surface area contributed by atoms with Gasteiger partial charge >= 0.3 is 12.1 Å². The van der Waals surface area contributed by atoms with Gasteiger partial charge in [0.15, 0.2) is 0 Å². The second-order valence-corrected chi connectivity index (χ2v) is 12.7. The number of hydrogen-bond donors (Lipinski definition) is 3. The normalized spacial score (nSPS) is 39.0. The summed E-state index contributed by atoms with van der Waals surface area (Å²) in [6, 6.07) is 6.65. The van der Waals surface area contributed by atoms with Crippen molar-refractivity contribution < 1.29 is 38.7 Å². The van der Waals surface area contributed by atoms with E-state index in [-0.39, 0.29) is 46.7 Å². The summed E-state index contributed by atoms with van der Waals surface area (Å²) in [6.45, 7) is 10.3. The van der Waals surface area contributed by atoms with E-state index < -0.39 is 35.5 Å². The van der Waals surface area contributed by atoms with E-state index in [1.807, 2.05) is 13.8 Å². The molecule has 3 fully saturated rings. The van der Waals surface area contributed by atoms with Crippen molar-refractivity contribution in [3.63, 3.8) is 0 Å². The number of aliphatic hydroxyl groups is 2. The zero-order valence-corrected chi connectivity index (χ0v) is 25.1. The topological polar surface area (TPSA) is 124 Å². The molecule has 0 radical (unpaired) electrons. The molecule has 40 heavy (non-hydrogen) atoms. The predicted molar refractivity (Wildman–Crippen MR) is 150 cm³/mol. The molecule has 9 nitrogen and oxygen atoms in total. The fourth-order valence-electron chi connectivity index (χ4n) is 8.94. The number of ether oxygens (including phenoxy) is 4.